The van der Waals surface area contributed by atoms with Gasteiger partial charge in [-0.1, -0.05) is 99.5 Å². The smallest absolute Gasteiger partial charge is 0.136 e. The van der Waals surface area contributed by atoms with E-state index in [0.717, 1.165) is 126 Å². The lowest BCUT2D eigenvalue weighted by molar-refractivity contribution is 0.664. The Morgan fingerprint density at radius 2 is 0.618 bits per heavy atom. The van der Waals surface area contributed by atoms with Crippen LogP contribution in [0.5, 0.6) is 0 Å². The molecule has 6 heteroatoms. The molecule has 0 unspecified atom stereocenters. The molecule has 14 aromatic rings. The van der Waals surface area contributed by atoms with Crippen LogP contribution >= 0.6 is 22.7 Å². The van der Waals surface area contributed by atoms with Crippen LogP contribution < -0.4 is 0 Å². The predicted octanol–water partition coefficient (Wildman–Crippen LogP) is 19.9. The Morgan fingerprint density at radius 1 is 0.309 bits per heavy atom. The van der Waals surface area contributed by atoms with Crippen LogP contribution in [-0.2, 0) is 12.8 Å². The second kappa shape index (κ2) is 15.6. The summed E-state index contributed by atoms with van der Waals surface area (Å²) in [4.78, 5) is 2.75. The average molecular weight is 917 g/mol. The van der Waals surface area contributed by atoms with Gasteiger partial charge in [-0.15, -0.1) is 22.7 Å². The molecule has 328 valence electrons. The Kier molecular flexibility index (Phi) is 9.12. The third-order valence-electron chi connectivity index (χ3n) is 14.1. The van der Waals surface area contributed by atoms with Crippen LogP contribution in [0.4, 0.5) is 0 Å². The molecule has 68 heavy (non-hydrogen) atoms. The van der Waals surface area contributed by atoms with Crippen molar-refractivity contribution in [2.75, 3.05) is 0 Å². The molecular weight excluding hydrogens is 873 g/mol. The Labute approximate surface area is 399 Å². The van der Waals surface area contributed by atoms with Crippen LogP contribution in [0.15, 0.2) is 175 Å². The number of unbranched alkanes of at least 4 members (excludes halogenated alkanes) is 2. The lowest BCUT2D eigenvalue weighted by Gasteiger charge is -2.07. The van der Waals surface area contributed by atoms with Gasteiger partial charge in [-0.2, -0.15) is 0 Å². The van der Waals surface area contributed by atoms with Crippen molar-refractivity contribution in [2.45, 2.75) is 52.4 Å². The summed E-state index contributed by atoms with van der Waals surface area (Å²) in [5.41, 5.74) is 17.2. The summed E-state index contributed by atoms with van der Waals surface area (Å²) >= 11 is 3.97. The molecule has 0 radical (unpaired) electrons. The summed E-state index contributed by atoms with van der Waals surface area (Å²) in [7, 11) is 0. The number of furan rings is 4. The van der Waals surface area contributed by atoms with Gasteiger partial charge in [0.15, 0.2) is 0 Å². The van der Waals surface area contributed by atoms with E-state index in [-0.39, 0.29) is 0 Å². The first-order chi connectivity index (χ1) is 33.6. The number of thiophene rings is 2. The predicted molar refractivity (Wildman–Crippen MR) is 288 cm³/mol. The van der Waals surface area contributed by atoms with Crippen LogP contribution in [0.1, 0.15) is 50.7 Å². The molecule has 4 nitrogen and oxygen atoms in total. The van der Waals surface area contributed by atoms with E-state index in [1.165, 1.54) is 63.7 Å². The van der Waals surface area contributed by atoms with E-state index >= 15 is 0 Å². The van der Waals surface area contributed by atoms with Crippen molar-refractivity contribution < 1.29 is 17.7 Å². The Hall–Kier alpha value is -7.38. The standard InChI is InChI=1S/C62H44O4S2/c1-3-5-17-41-59(39-21-25-53-45(29-39)49-33-55-47(31-57(49)65-53)43-27-37(19-23-51(43)63-55)35-13-9-7-10-14-35)67-62-42(18-6-4-2)60(68-61(41)62)40-22-26-54-46(30-40)50-34-56-48(32-58(50)66-54)44-28-38(20-24-52(44)64-56)36-15-11-8-12-16-36/h7-16,19-34H,3-6,17-18H2,1-2H3. The topological polar surface area (TPSA) is 52.6 Å². The second-order valence-corrected chi connectivity index (χ2v) is 20.4. The summed E-state index contributed by atoms with van der Waals surface area (Å²) in [6, 6.07) is 56.3. The molecule has 0 aliphatic rings. The lowest BCUT2D eigenvalue weighted by Crippen LogP contribution is -1.86. The van der Waals surface area contributed by atoms with E-state index in [9.17, 15) is 0 Å². The zero-order valence-corrected chi connectivity index (χ0v) is 39.3. The van der Waals surface area contributed by atoms with Crippen molar-refractivity contribution >= 4 is 120 Å². The first-order valence-electron chi connectivity index (χ1n) is 23.9. The van der Waals surface area contributed by atoms with Gasteiger partial charge in [0.05, 0.1) is 0 Å². The van der Waals surface area contributed by atoms with E-state index in [1.54, 1.807) is 0 Å². The van der Waals surface area contributed by atoms with Gasteiger partial charge in [-0.25, -0.2) is 0 Å². The second-order valence-electron chi connectivity index (χ2n) is 18.4. The molecule has 0 bridgehead atoms. The van der Waals surface area contributed by atoms with Crippen LogP contribution in [0.25, 0.3) is 140 Å². The summed E-state index contributed by atoms with van der Waals surface area (Å²) in [6.45, 7) is 4.60. The van der Waals surface area contributed by atoms with Gasteiger partial charge in [-0.05, 0) is 155 Å². The molecule has 0 atom stereocenters. The molecular formula is C62H44O4S2. The molecule has 8 aromatic carbocycles. The fraction of sp³-hybridized carbons (Fsp3) is 0.129. The first-order valence-corrected chi connectivity index (χ1v) is 25.5. The zero-order valence-electron chi connectivity index (χ0n) is 37.7. The van der Waals surface area contributed by atoms with Gasteiger partial charge in [0.25, 0.3) is 0 Å². The van der Waals surface area contributed by atoms with E-state index in [1.807, 2.05) is 22.7 Å². The maximum Gasteiger partial charge on any atom is 0.136 e. The highest BCUT2D eigenvalue weighted by atomic mass is 32.1. The minimum absolute atomic E-state index is 0.876. The van der Waals surface area contributed by atoms with Crippen molar-refractivity contribution in [3.8, 4) is 43.1 Å². The normalized spacial score (nSPS) is 12.3. The van der Waals surface area contributed by atoms with E-state index in [4.69, 9.17) is 17.7 Å². The maximum atomic E-state index is 6.61. The molecule has 6 aromatic heterocycles. The zero-order chi connectivity index (χ0) is 45.0. The molecule has 0 saturated carbocycles. The van der Waals surface area contributed by atoms with Crippen molar-refractivity contribution in [1.29, 1.82) is 0 Å². The largest absolute Gasteiger partial charge is 0.456 e. The highest BCUT2D eigenvalue weighted by Gasteiger charge is 2.24. The SMILES string of the molecule is CCCCc1c(-c2ccc3oc4cc5c(cc4c3c2)oc2ccc(-c3ccccc3)cc25)sc2c(CCCC)c(-c3ccc4oc5cc6c(cc5c4c3)oc3ccc(-c4ccccc4)cc36)sc12. The number of aryl methyl sites for hydroxylation is 2. The summed E-state index contributed by atoms with van der Waals surface area (Å²) in [5.74, 6) is 0. The van der Waals surface area contributed by atoms with E-state index < -0.39 is 0 Å². The Bertz CT molecular complexity index is 4010. The first kappa shape index (κ1) is 39.8. The van der Waals surface area contributed by atoms with Gasteiger partial charge in [0.2, 0.25) is 0 Å². The van der Waals surface area contributed by atoms with Crippen molar-refractivity contribution in [3.63, 3.8) is 0 Å². The van der Waals surface area contributed by atoms with Crippen molar-refractivity contribution in [1.82, 2.24) is 0 Å². The van der Waals surface area contributed by atoms with Gasteiger partial charge < -0.3 is 17.7 Å². The minimum atomic E-state index is 0.876. The number of rotatable bonds is 10. The third-order valence-corrected chi connectivity index (χ3v) is 16.9. The van der Waals surface area contributed by atoms with Crippen LogP contribution in [0.3, 0.4) is 0 Å². The van der Waals surface area contributed by atoms with E-state index in [0.29, 0.717) is 0 Å². The number of hydrogen-bond donors (Lipinski definition) is 0. The minimum Gasteiger partial charge on any atom is -0.456 e. The summed E-state index contributed by atoms with van der Waals surface area (Å²) < 4.78 is 29.1. The monoisotopic (exact) mass is 916 g/mol. The summed E-state index contributed by atoms with van der Waals surface area (Å²) in [5, 5.41) is 8.74. The molecule has 0 aliphatic heterocycles. The summed E-state index contributed by atoms with van der Waals surface area (Å²) in [6.07, 6.45) is 6.64. The van der Waals surface area contributed by atoms with Crippen molar-refractivity contribution in [2.24, 2.45) is 0 Å². The Balaban J connectivity index is 0.875. The fourth-order valence-electron chi connectivity index (χ4n) is 10.6. The number of fused-ring (bicyclic) bond motifs is 13. The van der Waals surface area contributed by atoms with Gasteiger partial charge >= 0.3 is 0 Å². The Morgan fingerprint density at radius 3 is 0.956 bits per heavy atom. The quantitative estimate of drug-likeness (QED) is 0.137. The average Bonchev–Trinajstić information content (AvgIpc) is 4.24. The van der Waals surface area contributed by atoms with Gasteiger partial charge in [0, 0.05) is 62.2 Å². The highest BCUT2D eigenvalue weighted by molar-refractivity contribution is 7.31. The molecule has 6 heterocycles. The highest BCUT2D eigenvalue weighted by Crippen LogP contribution is 2.51. The molecule has 0 fully saturated rings. The molecule has 0 saturated heterocycles. The van der Waals surface area contributed by atoms with Gasteiger partial charge in [-0.3, -0.25) is 0 Å². The molecule has 0 aliphatic carbocycles. The lowest BCUT2D eigenvalue weighted by atomic mass is 10.00. The molecule has 0 amide bonds. The fourth-order valence-corrected chi connectivity index (χ4v) is 13.7. The van der Waals surface area contributed by atoms with Crippen LogP contribution in [0.2, 0.25) is 0 Å². The third kappa shape index (κ3) is 6.24. The maximum absolute atomic E-state index is 6.61. The van der Waals surface area contributed by atoms with Crippen LogP contribution in [-0.4, -0.2) is 0 Å². The number of benzene rings is 8. The van der Waals surface area contributed by atoms with Gasteiger partial charge in [0.1, 0.15) is 44.7 Å². The number of hydrogen-bond acceptors (Lipinski definition) is 6. The van der Waals surface area contributed by atoms with Crippen molar-refractivity contribution in [3.05, 3.63) is 169 Å². The van der Waals surface area contributed by atoms with Crippen LogP contribution in [0, 0.1) is 0 Å². The molecule has 0 spiro atoms. The molecule has 0 N–H and O–H groups in total. The van der Waals surface area contributed by atoms with E-state index in [2.05, 4.69) is 172 Å². The molecule has 14 rings (SSSR count).